The maximum Gasteiger partial charge on any atom is 0.131 e. The number of nitrogens with zero attached hydrogens (tertiary/aromatic N) is 3. The lowest BCUT2D eigenvalue weighted by Gasteiger charge is -2.42. The molecule has 9 rings (SSSR count). The van der Waals surface area contributed by atoms with E-state index in [0.717, 1.165) is 50.3 Å². The standard InChI is InChI=1S/C43H32FN3/c1-25-23-27(31-17-18-32-39-33(19-20-36(44)40(31)39)42-41(32)45-21-22-46-42)13-15-29(25)30-16-14-28(24-26(30)2)47-37-11-7-5-9-34(37)43(3,4)35-10-6-8-12-38(35)47/h5-24H,1-4H3. The van der Waals surface area contributed by atoms with Crippen LogP contribution in [0.25, 0.3) is 55.5 Å². The molecule has 2 aliphatic rings. The van der Waals surface area contributed by atoms with Gasteiger partial charge in [-0.05, 0) is 94.8 Å². The highest BCUT2D eigenvalue weighted by Crippen LogP contribution is 2.52. The lowest BCUT2D eigenvalue weighted by atomic mass is 9.73. The van der Waals surface area contributed by atoms with E-state index in [0.29, 0.717) is 5.39 Å². The van der Waals surface area contributed by atoms with Crippen molar-refractivity contribution in [3.8, 4) is 44.8 Å². The van der Waals surface area contributed by atoms with Crippen LogP contribution < -0.4 is 4.90 Å². The number of rotatable bonds is 3. The number of halogens is 1. The first-order chi connectivity index (χ1) is 22.8. The zero-order valence-corrected chi connectivity index (χ0v) is 26.8. The van der Waals surface area contributed by atoms with Crippen molar-refractivity contribution >= 4 is 27.8 Å². The van der Waals surface area contributed by atoms with Gasteiger partial charge in [-0.3, -0.25) is 9.97 Å². The minimum absolute atomic E-state index is 0.0941. The van der Waals surface area contributed by atoms with Crippen LogP contribution >= 0.6 is 0 Å². The lowest BCUT2D eigenvalue weighted by Crippen LogP contribution is -2.30. The molecule has 0 fully saturated rings. The minimum atomic E-state index is -0.231. The highest BCUT2D eigenvalue weighted by atomic mass is 19.1. The molecule has 0 unspecified atom stereocenters. The van der Waals surface area contributed by atoms with Gasteiger partial charge in [0.05, 0.1) is 22.8 Å². The van der Waals surface area contributed by atoms with Gasteiger partial charge in [-0.15, -0.1) is 0 Å². The Kier molecular flexibility index (Phi) is 5.86. The van der Waals surface area contributed by atoms with Gasteiger partial charge in [0.15, 0.2) is 0 Å². The maximum absolute atomic E-state index is 15.6. The molecule has 0 saturated carbocycles. The molecule has 1 aliphatic carbocycles. The van der Waals surface area contributed by atoms with Crippen molar-refractivity contribution in [1.82, 2.24) is 9.97 Å². The zero-order chi connectivity index (χ0) is 32.0. The molecule has 0 spiro atoms. The fourth-order valence-corrected chi connectivity index (χ4v) is 7.99. The predicted octanol–water partition coefficient (Wildman–Crippen LogP) is 11.5. The van der Waals surface area contributed by atoms with Gasteiger partial charge in [0.2, 0.25) is 0 Å². The van der Waals surface area contributed by atoms with Crippen molar-refractivity contribution in [2.75, 3.05) is 4.90 Å². The number of hydrogen-bond donors (Lipinski definition) is 0. The summed E-state index contributed by atoms with van der Waals surface area (Å²) in [7, 11) is 0. The molecule has 0 saturated heterocycles. The summed E-state index contributed by atoms with van der Waals surface area (Å²) < 4.78 is 15.6. The van der Waals surface area contributed by atoms with Crippen molar-refractivity contribution in [2.24, 2.45) is 0 Å². The van der Waals surface area contributed by atoms with E-state index in [1.54, 1.807) is 18.5 Å². The van der Waals surface area contributed by atoms with E-state index < -0.39 is 0 Å². The second-order valence-electron chi connectivity index (χ2n) is 13.3. The van der Waals surface area contributed by atoms with Crippen LogP contribution in [0.2, 0.25) is 0 Å². The quantitative estimate of drug-likeness (QED) is 0.200. The van der Waals surface area contributed by atoms with Gasteiger partial charge in [0.25, 0.3) is 0 Å². The van der Waals surface area contributed by atoms with Crippen LogP contribution in [0, 0.1) is 19.7 Å². The number of hydrogen-bond acceptors (Lipinski definition) is 3. The lowest BCUT2D eigenvalue weighted by molar-refractivity contribution is 0.632. The summed E-state index contributed by atoms with van der Waals surface area (Å²) in [6.45, 7) is 8.96. The molecule has 3 nitrogen and oxygen atoms in total. The Bertz CT molecular complexity index is 2360. The molecule has 4 heteroatoms. The summed E-state index contributed by atoms with van der Waals surface area (Å²) in [5.41, 5.74) is 16.2. The zero-order valence-electron chi connectivity index (χ0n) is 26.8. The summed E-state index contributed by atoms with van der Waals surface area (Å²) >= 11 is 0. The molecular weight excluding hydrogens is 577 g/mol. The van der Waals surface area contributed by atoms with Gasteiger partial charge in [-0.2, -0.15) is 0 Å². The van der Waals surface area contributed by atoms with Crippen LogP contribution in [0.1, 0.15) is 36.1 Å². The van der Waals surface area contributed by atoms with E-state index in [-0.39, 0.29) is 11.2 Å². The molecule has 0 bridgehead atoms. The largest absolute Gasteiger partial charge is 0.310 e. The van der Waals surface area contributed by atoms with Gasteiger partial charge in [0, 0.05) is 45.4 Å². The first-order valence-electron chi connectivity index (χ1n) is 16.1. The molecule has 6 aromatic carbocycles. The molecule has 0 radical (unpaired) electrons. The molecule has 226 valence electrons. The number of benzene rings is 6. The van der Waals surface area contributed by atoms with Crippen LogP contribution in [0.3, 0.4) is 0 Å². The van der Waals surface area contributed by atoms with Crippen LogP contribution in [-0.2, 0) is 5.41 Å². The molecule has 0 N–H and O–H groups in total. The average molecular weight is 610 g/mol. The van der Waals surface area contributed by atoms with Crippen molar-refractivity contribution < 1.29 is 4.39 Å². The third-order valence-electron chi connectivity index (χ3n) is 10.3. The van der Waals surface area contributed by atoms with Gasteiger partial charge in [0.1, 0.15) is 5.82 Å². The topological polar surface area (TPSA) is 29.0 Å². The average Bonchev–Trinajstić information content (AvgIpc) is 3.41. The van der Waals surface area contributed by atoms with Crippen LogP contribution in [0.15, 0.2) is 122 Å². The Morgan fingerprint density at radius 3 is 1.70 bits per heavy atom. The van der Waals surface area contributed by atoms with E-state index in [9.17, 15) is 0 Å². The molecule has 1 aliphatic heterocycles. The number of para-hydroxylation sites is 2. The van der Waals surface area contributed by atoms with Gasteiger partial charge in [-0.1, -0.05) is 86.6 Å². The van der Waals surface area contributed by atoms with E-state index in [2.05, 4.69) is 134 Å². The molecule has 47 heavy (non-hydrogen) atoms. The van der Waals surface area contributed by atoms with Gasteiger partial charge >= 0.3 is 0 Å². The third-order valence-corrected chi connectivity index (χ3v) is 10.3. The highest BCUT2D eigenvalue weighted by Gasteiger charge is 2.36. The summed E-state index contributed by atoms with van der Waals surface area (Å²) in [5, 5.41) is 1.51. The SMILES string of the molecule is Cc1cc(-c2ccc3c4c(ccc(F)c24)-c2nccnc2-3)ccc1-c1ccc(N2c3ccccc3C(C)(C)c3ccccc32)cc1C. The third kappa shape index (κ3) is 3.91. The molecule has 0 atom stereocenters. The van der Waals surface area contributed by atoms with Crippen LogP contribution in [0.5, 0.6) is 0 Å². The minimum Gasteiger partial charge on any atom is -0.310 e. The summed E-state index contributed by atoms with van der Waals surface area (Å²) in [6, 6.07) is 38.2. The monoisotopic (exact) mass is 609 g/mol. The highest BCUT2D eigenvalue weighted by molar-refractivity contribution is 6.17. The van der Waals surface area contributed by atoms with E-state index in [1.165, 1.54) is 39.2 Å². The predicted molar refractivity (Wildman–Crippen MR) is 191 cm³/mol. The number of aryl methyl sites for hydroxylation is 2. The summed E-state index contributed by atoms with van der Waals surface area (Å²) in [5.74, 6) is -0.231. The van der Waals surface area contributed by atoms with Crippen LogP contribution in [-0.4, -0.2) is 9.97 Å². The number of fused-ring (bicyclic) bond motifs is 5. The van der Waals surface area contributed by atoms with Crippen molar-refractivity contribution in [2.45, 2.75) is 33.1 Å². The number of anilines is 3. The summed E-state index contributed by atoms with van der Waals surface area (Å²) in [6.07, 6.45) is 3.39. The Morgan fingerprint density at radius 1 is 0.553 bits per heavy atom. The number of aromatic nitrogens is 2. The Labute approximate surface area is 274 Å². The van der Waals surface area contributed by atoms with E-state index in [1.807, 2.05) is 12.1 Å². The second kappa shape index (κ2) is 9.94. The van der Waals surface area contributed by atoms with Gasteiger partial charge < -0.3 is 4.90 Å². The maximum atomic E-state index is 15.6. The smallest absolute Gasteiger partial charge is 0.131 e. The summed E-state index contributed by atoms with van der Waals surface area (Å²) in [4.78, 5) is 11.5. The van der Waals surface area contributed by atoms with Crippen LogP contribution in [0.4, 0.5) is 21.5 Å². The Balaban J connectivity index is 1.13. The van der Waals surface area contributed by atoms with Crippen molar-refractivity contribution in [3.63, 3.8) is 0 Å². The molecular formula is C43H32FN3. The molecule has 1 aromatic heterocycles. The molecule has 0 amide bonds. The second-order valence-corrected chi connectivity index (χ2v) is 13.3. The normalized spacial score (nSPS) is 13.8. The van der Waals surface area contributed by atoms with Gasteiger partial charge in [-0.25, -0.2) is 4.39 Å². The molecule has 2 heterocycles. The Morgan fingerprint density at radius 2 is 1.09 bits per heavy atom. The fourth-order valence-electron chi connectivity index (χ4n) is 7.99. The fraction of sp³-hybridized carbons (Fsp3) is 0.116. The van der Waals surface area contributed by atoms with E-state index in [4.69, 9.17) is 0 Å². The van der Waals surface area contributed by atoms with E-state index >= 15 is 4.39 Å². The van der Waals surface area contributed by atoms with Crippen molar-refractivity contribution in [3.05, 3.63) is 150 Å². The van der Waals surface area contributed by atoms with Crippen molar-refractivity contribution in [1.29, 1.82) is 0 Å². The molecule has 7 aromatic rings. The Hall–Kier alpha value is -5.61. The first kappa shape index (κ1) is 27.7. The first-order valence-corrected chi connectivity index (χ1v) is 16.1.